The van der Waals surface area contributed by atoms with E-state index < -0.39 is 0 Å². The quantitative estimate of drug-likeness (QED) is 0.826. The number of carbonyl (C=O) groups is 1. The van der Waals surface area contributed by atoms with Gasteiger partial charge >= 0.3 is 0 Å². The van der Waals surface area contributed by atoms with Gasteiger partial charge in [-0.15, -0.1) is 0 Å². The van der Waals surface area contributed by atoms with Crippen molar-refractivity contribution in [1.29, 1.82) is 0 Å². The smallest absolute Gasteiger partial charge is 0.251 e. The van der Waals surface area contributed by atoms with Gasteiger partial charge in [0.05, 0.1) is 0 Å². The van der Waals surface area contributed by atoms with Crippen molar-refractivity contribution in [2.45, 2.75) is 26.0 Å². The van der Waals surface area contributed by atoms with Crippen LogP contribution in [0.4, 0.5) is 0 Å². The van der Waals surface area contributed by atoms with E-state index in [1.807, 2.05) is 43.3 Å². The highest BCUT2D eigenvalue weighted by atomic mass is 16.5. The Hall–Kier alpha value is -2.33. The van der Waals surface area contributed by atoms with Crippen molar-refractivity contribution in [3.05, 3.63) is 65.7 Å². The molecule has 0 aliphatic rings. The number of benzene rings is 2. The minimum atomic E-state index is -0.161. The van der Waals surface area contributed by atoms with Gasteiger partial charge in [-0.25, -0.2) is 0 Å². The standard InChI is InChI=1S/C18H21NO3/c1-14(10-11-20)19-18(21)16-8-5-9-17(12-16)22-13-15-6-3-2-4-7-15/h2-9,12,14,20H,10-11,13H2,1H3,(H,19,21). The number of hydrogen-bond donors (Lipinski definition) is 2. The lowest BCUT2D eigenvalue weighted by molar-refractivity contribution is 0.0934. The molecule has 0 bridgehead atoms. The van der Waals surface area contributed by atoms with Crippen LogP contribution in [0.25, 0.3) is 0 Å². The molecule has 0 heterocycles. The minimum Gasteiger partial charge on any atom is -0.489 e. The normalized spacial score (nSPS) is 11.7. The number of rotatable bonds is 7. The zero-order valence-corrected chi connectivity index (χ0v) is 12.7. The van der Waals surface area contributed by atoms with Crippen molar-refractivity contribution in [2.75, 3.05) is 6.61 Å². The van der Waals surface area contributed by atoms with Crippen molar-refractivity contribution in [3.8, 4) is 5.75 Å². The third kappa shape index (κ3) is 4.90. The predicted molar refractivity (Wildman–Crippen MR) is 85.8 cm³/mol. The molecule has 0 saturated carbocycles. The highest BCUT2D eigenvalue weighted by molar-refractivity contribution is 5.94. The van der Waals surface area contributed by atoms with Gasteiger partial charge in [0.15, 0.2) is 0 Å². The molecule has 4 heteroatoms. The molecule has 0 aliphatic heterocycles. The van der Waals surface area contributed by atoms with Gasteiger partial charge in [-0.3, -0.25) is 4.79 Å². The highest BCUT2D eigenvalue weighted by Crippen LogP contribution is 2.15. The molecule has 0 aliphatic carbocycles. The summed E-state index contributed by atoms with van der Waals surface area (Å²) >= 11 is 0. The Bertz CT molecular complexity index is 598. The predicted octanol–water partition coefficient (Wildman–Crippen LogP) is 2.77. The Labute approximate surface area is 130 Å². The van der Waals surface area contributed by atoms with Gasteiger partial charge < -0.3 is 15.2 Å². The third-order valence-electron chi connectivity index (χ3n) is 3.28. The summed E-state index contributed by atoms with van der Waals surface area (Å²) in [7, 11) is 0. The molecule has 1 atom stereocenters. The molecule has 0 saturated heterocycles. The highest BCUT2D eigenvalue weighted by Gasteiger charge is 2.10. The maximum Gasteiger partial charge on any atom is 0.251 e. The maximum absolute atomic E-state index is 12.1. The molecule has 4 nitrogen and oxygen atoms in total. The van der Waals surface area contributed by atoms with Crippen LogP contribution in [0.5, 0.6) is 5.75 Å². The summed E-state index contributed by atoms with van der Waals surface area (Å²) in [5, 5.41) is 11.7. The molecule has 0 fully saturated rings. The molecule has 116 valence electrons. The first-order chi connectivity index (χ1) is 10.7. The van der Waals surface area contributed by atoms with Crippen molar-refractivity contribution in [1.82, 2.24) is 5.32 Å². The average molecular weight is 299 g/mol. The number of amides is 1. The largest absolute Gasteiger partial charge is 0.489 e. The molecular formula is C18H21NO3. The fraction of sp³-hybridized carbons (Fsp3) is 0.278. The first-order valence-electron chi connectivity index (χ1n) is 7.37. The van der Waals surface area contributed by atoms with E-state index in [4.69, 9.17) is 9.84 Å². The first kappa shape index (κ1) is 16.0. The summed E-state index contributed by atoms with van der Waals surface area (Å²) < 4.78 is 5.72. The summed E-state index contributed by atoms with van der Waals surface area (Å²) in [5.74, 6) is 0.498. The number of carbonyl (C=O) groups excluding carboxylic acids is 1. The lowest BCUT2D eigenvalue weighted by Crippen LogP contribution is -2.33. The lowest BCUT2D eigenvalue weighted by Gasteiger charge is -2.13. The second kappa shape index (κ2) is 8.20. The summed E-state index contributed by atoms with van der Waals surface area (Å²) in [4.78, 5) is 12.1. The fourth-order valence-corrected chi connectivity index (χ4v) is 2.04. The number of aliphatic hydroxyl groups is 1. The van der Waals surface area contributed by atoms with Crippen LogP contribution in [0, 0.1) is 0 Å². The van der Waals surface area contributed by atoms with Crippen LogP contribution in [0.2, 0.25) is 0 Å². The summed E-state index contributed by atoms with van der Waals surface area (Å²) in [6.45, 7) is 2.39. The molecular weight excluding hydrogens is 278 g/mol. The van der Waals surface area contributed by atoms with Gasteiger partial charge in [-0.05, 0) is 37.1 Å². The fourth-order valence-electron chi connectivity index (χ4n) is 2.04. The summed E-state index contributed by atoms with van der Waals surface area (Å²) in [6.07, 6.45) is 0.538. The zero-order chi connectivity index (χ0) is 15.8. The van der Waals surface area contributed by atoms with Crippen LogP contribution < -0.4 is 10.1 Å². The Morgan fingerprint density at radius 3 is 2.68 bits per heavy atom. The Balaban J connectivity index is 1.96. The van der Waals surface area contributed by atoms with E-state index in [-0.39, 0.29) is 18.6 Å². The number of aliphatic hydroxyl groups excluding tert-OH is 1. The molecule has 0 spiro atoms. The van der Waals surface area contributed by atoms with Gasteiger partial charge in [0.25, 0.3) is 5.91 Å². The molecule has 1 amide bonds. The first-order valence-corrected chi connectivity index (χ1v) is 7.37. The second-order valence-electron chi connectivity index (χ2n) is 5.19. The van der Waals surface area contributed by atoms with Crippen LogP contribution in [0.3, 0.4) is 0 Å². The zero-order valence-electron chi connectivity index (χ0n) is 12.7. The lowest BCUT2D eigenvalue weighted by atomic mass is 10.1. The number of hydrogen-bond acceptors (Lipinski definition) is 3. The molecule has 2 aromatic carbocycles. The van der Waals surface area contributed by atoms with Crippen molar-refractivity contribution in [2.24, 2.45) is 0 Å². The van der Waals surface area contributed by atoms with Crippen LogP contribution in [0.1, 0.15) is 29.3 Å². The molecule has 2 rings (SSSR count). The van der Waals surface area contributed by atoms with E-state index >= 15 is 0 Å². The topological polar surface area (TPSA) is 58.6 Å². The second-order valence-corrected chi connectivity index (χ2v) is 5.19. The van der Waals surface area contributed by atoms with Gasteiger partial charge in [-0.2, -0.15) is 0 Å². The molecule has 2 N–H and O–H groups in total. The Morgan fingerprint density at radius 1 is 1.18 bits per heavy atom. The van der Waals surface area contributed by atoms with Gasteiger partial charge in [0.1, 0.15) is 12.4 Å². The van der Waals surface area contributed by atoms with Gasteiger partial charge in [0, 0.05) is 18.2 Å². The monoisotopic (exact) mass is 299 g/mol. The third-order valence-corrected chi connectivity index (χ3v) is 3.28. The van der Waals surface area contributed by atoms with E-state index in [1.165, 1.54) is 0 Å². The maximum atomic E-state index is 12.1. The molecule has 2 aromatic rings. The number of nitrogens with one attached hydrogen (secondary N) is 1. The van der Waals surface area contributed by atoms with Crippen molar-refractivity contribution >= 4 is 5.91 Å². The molecule has 0 aromatic heterocycles. The van der Waals surface area contributed by atoms with Crippen LogP contribution in [-0.4, -0.2) is 23.7 Å². The van der Waals surface area contributed by atoms with E-state index in [1.54, 1.807) is 18.2 Å². The number of ether oxygens (including phenoxy) is 1. The minimum absolute atomic E-state index is 0.0572. The van der Waals surface area contributed by atoms with E-state index in [0.29, 0.717) is 24.3 Å². The van der Waals surface area contributed by atoms with Crippen molar-refractivity contribution < 1.29 is 14.6 Å². The molecule has 0 radical (unpaired) electrons. The summed E-state index contributed by atoms with van der Waals surface area (Å²) in [5.41, 5.74) is 1.63. The van der Waals surface area contributed by atoms with Gasteiger partial charge in [-0.1, -0.05) is 36.4 Å². The Kier molecular flexibility index (Phi) is 5.98. The van der Waals surface area contributed by atoms with Crippen molar-refractivity contribution in [3.63, 3.8) is 0 Å². The molecule has 22 heavy (non-hydrogen) atoms. The van der Waals surface area contributed by atoms with E-state index in [9.17, 15) is 4.79 Å². The van der Waals surface area contributed by atoms with E-state index in [2.05, 4.69) is 5.32 Å². The van der Waals surface area contributed by atoms with Gasteiger partial charge in [0.2, 0.25) is 0 Å². The van der Waals surface area contributed by atoms with Crippen LogP contribution in [0.15, 0.2) is 54.6 Å². The Morgan fingerprint density at radius 2 is 1.95 bits per heavy atom. The molecule has 1 unspecified atom stereocenters. The van der Waals surface area contributed by atoms with Crippen LogP contribution >= 0.6 is 0 Å². The summed E-state index contributed by atoms with van der Waals surface area (Å²) in [6, 6.07) is 16.9. The van der Waals surface area contributed by atoms with Crippen LogP contribution in [-0.2, 0) is 6.61 Å². The van der Waals surface area contributed by atoms with E-state index in [0.717, 1.165) is 5.56 Å². The SMILES string of the molecule is CC(CCO)NC(=O)c1cccc(OCc2ccccc2)c1. The average Bonchev–Trinajstić information content (AvgIpc) is 2.54.